The monoisotopic (exact) mass is 484 g/mol. The van der Waals surface area contributed by atoms with Gasteiger partial charge in [0.1, 0.15) is 5.76 Å². The molecule has 4 rings (SSSR count). The number of rotatable bonds is 8. The molecule has 182 valence electrons. The van der Waals surface area contributed by atoms with Crippen LogP contribution in [0.3, 0.4) is 0 Å². The fourth-order valence-corrected chi connectivity index (χ4v) is 4.02. The minimum Gasteiger partial charge on any atom is -0.467 e. The average molecular weight is 484 g/mol. The number of anilines is 1. The van der Waals surface area contributed by atoms with Crippen LogP contribution in [-0.2, 0) is 30.5 Å². The second-order valence-electron chi connectivity index (χ2n) is 8.13. The fourth-order valence-electron chi connectivity index (χ4n) is 4.02. The Labute approximate surface area is 199 Å². The molecule has 0 radical (unpaired) electrons. The van der Waals surface area contributed by atoms with Crippen molar-refractivity contribution in [3.05, 3.63) is 64.9 Å². The minimum absolute atomic E-state index is 0.118. The molecule has 0 aliphatic heterocycles. The zero-order valence-corrected chi connectivity index (χ0v) is 19.2. The summed E-state index contributed by atoms with van der Waals surface area (Å²) < 4.78 is 48.3. The van der Waals surface area contributed by atoms with E-state index in [1.165, 1.54) is 12.3 Å². The molecule has 1 amide bonds. The van der Waals surface area contributed by atoms with Gasteiger partial charge in [-0.3, -0.25) is 14.8 Å². The van der Waals surface area contributed by atoms with Crippen LogP contribution < -0.4 is 5.32 Å². The van der Waals surface area contributed by atoms with Crippen molar-refractivity contribution in [3.63, 3.8) is 0 Å². The highest BCUT2D eigenvalue weighted by molar-refractivity contribution is 5.91. The van der Waals surface area contributed by atoms with E-state index < -0.39 is 11.7 Å². The number of nitrogens with zero attached hydrogens (tertiary/aromatic N) is 5. The lowest BCUT2D eigenvalue weighted by molar-refractivity contribution is -0.137. The quantitative estimate of drug-likeness (QED) is 0.379. The summed E-state index contributed by atoms with van der Waals surface area (Å²) in [6.07, 6.45) is -2.12. The van der Waals surface area contributed by atoms with E-state index in [9.17, 15) is 18.0 Å². The average Bonchev–Trinajstić information content (AvgIpc) is 3.50. The van der Waals surface area contributed by atoms with Crippen molar-refractivity contribution < 1.29 is 22.4 Å². The predicted molar refractivity (Wildman–Crippen MR) is 121 cm³/mol. The van der Waals surface area contributed by atoms with Gasteiger partial charge < -0.3 is 8.98 Å². The highest BCUT2D eigenvalue weighted by Gasteiger charge is 2.31. The summed E-state index contributed by atoms with van der Waals surface area (Å²) >= 11 is 0. The molecule has 3 aromatic heterocycles. The number of imidazole rings is 1. The lowest BCUT2D eigenvalue weighted by atomic mass is 10.1. The Hall–Kier alpha value is -4.07. The van der Waals surface area contributed by atoms with E-state index >= 15 is 0 Å². The molecular weight excluding hydrogens is 461 g/mol. The number of carbonyl (C=O) groups excluding carboxylic acids is 1. The first kappa shape index (κ1) is 24.1. The van der Waals surface area contributed by atoms with Crippen molar-refractivity contribution >= 4 is 22.9 Å². The van der Waals surface area contributed by atoms with E-state index in [-0.39, 0.29) is 30.3 Å². The van der Waals surface area contributed by atoms with E-state index in [0.717, 1.165) is 29.1 Å². The van der Waals surface area contributed by atoms with Crippen LogP contribution in [0.5, 0.6) is 0 Å². The van der Waals surface area contributed by atoms with Crippen LogP contribution in [0, 0.1) is 25.2 Å². The van der Waals surface area contributed by atoms with Crippen LogP contribution >= 0.6 is 0 Å². The first-order chi connectivity index (χ1) is 16.7. The maximum absolute atomic E-state index is 13.2. The third-order valence-corrected chi connectivity index (χ3v) is 5.79. The van der Waals surface area contributed by atoms with Gasteiger partial charge in [0.05, 0.1) is 54.1 Å². The van der Waals surface area contributed by atoms with Gasteiger partial charge in [0.25, 0.3) is 0 Å². The first-order valence-electron chi connectivity index (χ1n) is 11.0. The van der Waals surface area contributed by atoms with Crippen molar-refractivity contribution in [2.45, 2.75) is 52.4 Å². The first-order valence-corrected chi connectivity index (χ1v) is 11.0. The van der Waals surface area contributed by atoms with E-state index in [1.807, 2.05) is 13.8 Å². The Morgan fingerprint density at radius 3 is 2.74 bits per heavy atom. The van der Waals surface area contributed by atoms with Gasteiger partial charge in [0.2, 0.25) is 11.9 Å². The fraction of sp³-hybridized carbons (Fsp3) is 0.333. The van der Waals surface area contributed by atoms with E-state index in [4.69, 9.17) is 9.68 Å². The molecule has 4 aromatic rings. The van der Waals surface area contributed by atoms with E-state index in [2.05, 4.69) is 21.5 Å². The van der Waals surface area contributed by atoms with Gasteiger partial charge in [-0.2, -0.15) is 23.5 Å². The van der Waals surface area contributed by atoms with Crippen LogP contribution in [-0.4, -0.2) is 25.2 Å². The second kappa shape index (κ2) is 9.66. The van der Waals surface area contributed by atoms with E-state index in [1.54, 1.807) is 21.4 Å². The molecule has 0 bridgehead atoms. The number of benzene rings is 1. The second-order valence-corrected chi connectivity index (χ2v) is 8.13. The Balaban J connectivity index is 1.56. The van der Waals surface area contributed by atoms with Gasteiger partial charge in [-0.1, -0.05) is 0 Å². The molecule has 0 atom stereocenters. The number of hydrogen-bond acceptors (Lipinski definition) is 5. The highest BCUT2D eigenvalue weighted by Crippen LogP contribution is 2.32. The lowest BCUT2D eigenvalue weighted by Gasteiger charge is -2.10. The number of aryl methyl sites for hydroxylation is 2. The molecule has 0 aliphatic carbocycles. The summed E-state index contributed by atoms with van der Waals surface area (Å²) in [5.41, 5.74) is 2.36. The third-order valence-electron chi connectivity index (χ3n) is 5.79. The molecule has 8 nitrogen and oxygen atoms in total. The molecule has 0 unspecified atom stereocenters. The van der Waals surface area contributed by atoms with Crippen molar-refractivity contribution in [1.29, 1.82) is 5.26 Å². The van der Waals surface area contributed by atoms with Gasteiger partial charge in [0.15, 0.2) is 0 Å². The van der Waals surface area contributed by atoms with Crippen molar-refractivity contribution in [3.8, 4) is 6.07 Å². The van der Waals surface area contributed by atoms with Gasteiger partial charge in [-0.05, 0) is 56.2 Å². The van der Waals surface area contributed by atoms with Crippen molar-refractivity contribution in [2.24, 2.45) is 0 Å². The lowest BCUT2D eigenvalue weighted by Crippen LogP contribution is -2.17. The smallest absolute Gasteiger partial charge is 0.416 e. The third kappa shape index (κ3) is 5.21. The molecule has 11 heteroatoms. The topological polar surface area (TPSA) is 102 Å². The van der Waals surface area contributed by atoms with Crippen LogP contribution in [0.2, 0.25) is 0 Å². The maximum Gasteiger partial charge on any atom is 0.416 e. The predicted octanol–water partition coefficient (Wildman–Crippen LogP) is 4.99. The van der Waals surface area contributed by atoms with Crippen LogP contribution in [0.4, 0.5) is 19.1 Å². The number of carbonyl (C=O) groups is 1. The summed E-state index contributed by atoms with van der Waals surface area (Å²) in [7, 11) is 0. The summed E-state index contributed by atoms with van der Waals surface area (Å²) in [4.78, 5) is 17.1. The number of alkyl halides is 3. The number of hydrogen-bond donors (Lipinski definition) is 1. The summed E-state index contributed by atoms with van der Waals surface area (Å²) in [6, 6.07) is 8.82. The summed E-state index contributed by atoms with van der Waals surface area (Å²) in [5, 5.41) is 16.0. The maximum atomic E-state index is 13.2. The van der Waals surface area contributed by atoms with Crippen molar-refractivity contribution in [2.75, 3.05) is 5.32 Å². The minimum atomic E-state index is -4.50. The number of nitrogens with one attached hydrogen (secondary N) is 1. The molecule has 1 N–H and O–H groups in total. The molecule has 0 saturated heterocycles. The highest BCUT2D eigenvalue weighted by atomic mass is 19.4. The molecule has 1 aromatic carbocycles. The Morgan fingerprint density at radius 1 is 1.26 bits per heavy atom. The molecule has 0 fully saturated rings. The van der Waals surface area contributed by atoms with Crippen LogP contribution in [0.25, 0.3) is 11.0 Å². The normalized spacial score (nSPS) is 11.7. The van der Waals surface area contributed by atoms with Crippen LogP contribution in [0.1, 0.15) is 41.1 Å². The zero-order chi connectivity index (χ0) is 25.2. The number of furan rings is 1. The number of fused-ring (bicyclic) bond motifs is 1. The van der Waals surface area contributed by atoms with Gasteiger partial charge in [0, 0.05) is 12.1 Å². The molecule has 0 saturated carbocycles. The number of nitriles is 1. The molecule has 35 heavy (non-hydrogen) atoms. The molecule has 3 heterocycles. The van der Waals surface area contributed by atoms with Gasteiger partial charge in [-0.25, -0.2) is 4.98 Å². The zero-order valence-electron chi connectivity index (χ0n) is 19.2. The number of aromatic nitrogens is 4. The largest absolute Gasteiger partial charge is 0.467 e. The Bertz CT molecular complexity index is 1390. The molecule has 0 aliphatic rings. The SMILES string of the molecule is Cc1nn(CCC#N)c(C)c1CCC(=O)Nc1nc2cc(C(F)(F)F)ccc2n1Cc1ccco1. The Morgan fingerprint density at radius 2 is 2.06 bits per heavy atom. The summed E-state index contributed by atoms with van der Waals surface area (Å²) in [5.74, 6) is 0.371. The Kier molecular flexibility index (Phi) is 6.64. The summed E-state index contributed by atoms with van der Waals surface area (Å²) in [6.45, 7) is 4.41. The van der Waals surface area contributed by atoms with Gasteiger partial charge in [-0.15, -0.1) is 0 Å². The number of amides is 1. The van der Waals surface area contributed by atoms with Crippen LogP contribution in [0.15, 0.2) is 41.0 Å². The standard InChI is InChI=1S/C24H23F3N6O2/c1-15-19(16(2)33(31-15)11-4-10-28)7-9-22(34)30-23-29-20-13-17(24(25,26)27)6-8-21(20)32(23)14-18-5-3-12-35-18/h3,5-6,8,12-13H,4,7,9,11,14H2,1-2H3,(H,29,30,34). The van der Waals surface area contributed by atoms with E-state index in [0.29, 0.717) is 30.7 Å². The molecular formula is C24H23F3N6O2. The van der Waals surface area contributed by atoms with Gasteiger partial charge >= 0.3 is 6.18 Å². The molecule has 0 spiro atoms. The number of halogens is 3. The van der Waals surface area contributed by atoms with Crippen molar-refractivity contribution in [1.82, 2.24) is 19.3 Å².